The van der Waals surface area contributed by atoms with Crippen LogP contribution in [-0.4, -0.2) is 18.1 Å². The topological polar surface area (TPSA) is 74.6 Å². The molecular formula is C10H9NaO4S. The van der Waals surface area contributed by atoms with Crippen LogP contribution < -0.4 is 29.6 Å². The summed E-state index contributed by atoms with van der Waals surface area (Å²) in [6, 6.07) is 9.49. The van der Waals surface area contributed by atoms with E-state index in [1.165, 1.54) is 12.1 Å². The standard InChI is InChI=1S/C10H8O4S.Na.H/c11-9-5-7-3-1-2-4-8(7)6-10(9)15(12,13)14;;/h1-6,11H,(H,12,13,14);;/q;+1;-1. The van der Waals surface area contributed by atoms with Crippen LogP contribution in [0.25, 0.3) is 10.8 Å². The Bertz CT molecular complexity index is 627. The van der Waals surface area contributed by atoms with Crippen LogP contribution in [0, 0.1) is 0 Å². The van der Waals surface area contributed by atoms with Crippen molar-refractivity contribution in [1.82, 2.24) is 0 Å². The van der Waals surface area contributed by atoms with E-state index in [4.69, 9.17) is 4.55 Å². The van der Waals surface area contributed by atoms with Crippen molar-refractivity contribution in [3.8, 4) is 5.75 Å². The smallest absolute Gasteiger partial charge is 1.00 e. The molecule has 0 bridgehead atoms. The van der Waals surface area contributed by atoms with E-state index in [-0.39, 0.29) is 31.0 Å². The average Bonchev–Trinajstić information content (AvgIpc) is 2.15. The summed E-state index contributed by atoms with van der Waals surface area (Å²) in [5.41, 5.74) is 0. The molecule has 0 saturated carbocycles. The van der Waals surface area contributed by atoms with Crippen molar-refractivity contribution < 1.29 is 49.1 Å². The largest absolute Gasteiger partial charge is 1.00 e. The Kier molecular flexibility index (Phi) is 3.98. The molecule has 0 heterocycles. The summed E-state index contributed by atoms with van der Waals surface area (Å²) >= 11 is 0. The number of hydrogen-bond donors (Lipinski definition) is 2. The Labute approximate surface area is 116 Å². The quantitative estimate of drug-likeness (QED) is 0.496. The summed E-state index contributed by atoms with van der Waals surface area (Å²) in [6.07, 6.45) is 0. The average molecular weight is 248 g/mol. The van der Waals surface area contributed by atoms with Crippen LogP contribution in [0.3, 0.4) is 0 Å². The molecule has 80 valence electrons. The van der Waals surface area contributed by atoms with Crippen molar-refractivity contribution in [2.75, 3.05) is 0 Å². The van der Waals surface area contributed by atoms with Crippen LogP contribution in [0.4, 0.5) is 0 Å². The summed E-state index contributed by atoms with van der Waals surface area (Å²) < 4.78 is 30.6. The Morgan fingerprint density at radius 3 is 2.06 bits per heavy atom. The molecule has 4 nitrogen and oxygen atoms in total. The minimum atomic E-state index is -4.37. The van der Waals surface area contributed by atoms with Gasteiger partial charge in [-0.05, 0) is 22.9 Å². The first-order valence-corrected chi connectivity index (χ1v) is 5.62. The Morgan fingerprint density at radius 2 is 1.56 bits per heavy atom. The van der Waals surface area contributed by atoms with E-state index in [9.17, 15) is 13.5 Å². The molecule has 0 fully saturated rings. The molecule has 6 heteroatoms. The molecule has 0 saturated heterocycles. The van der Waals surface area contributed by atoms with Gasteiger partial charge in [0.05, 0.1) is 0 Å². The van der Waals surface area contributed by atoms with Crippen LogP contribution in [-0.2, 0) is 10.1 Å². The van der Waals surface area contributed by atoms with Gasteiger partial charge in [0.25, 0.3) is 10.1 Å². The van der Waals surface area contributed by atoms with Crippen LogP contribution in [0.5, 0.6) is 5.75 Å². The van der Waals surface area contributed by atoms with Gasteiger partial charge in [-0.2, -0.15) is 8.42 Å². The Hall–Kier alpha value is -0.590. The van der Waals surface area contributed by atoms with E-state index in [1.54, 1.807) is 24.3 Å². The third-order valence-corrected chi connectivity index (χ3v) is 2.99. The number of hydrogen-bond acceptors (Lipinski definition) is 3. The van der Waals surface area contributed by atoms with E-state index in [0.717, 1.165) is 0 Å². The first kappa shape index (κ1) is 13.5. The second-order valence-electron chi connectivity index (χ2n) is 3.14. The molecule has 0 aliphatic rings. The molecule has 0 spiro atoms. The minimum Gasteiger partial charge on any atom is -1.00 e. The van der Waals surface area contributed by atoms with Gasteiger partial charge in [0, 0.05) is 0 Å². The molecule has 0 radical (unpaired) electrons. The molecule has 0 unspecified atom stereocenters. The monoisotopic (exact) mass is 248 g/mol. The molecule has 2 N–H and O–H groups in total. The predicted octanol–water partition coefficient (Wildman–Crippen LogP) is -1.09. The number of rotatable bonds is 1. The van der Waals surface area contributed by atoms with Gasteiger partial charge in [-0.15, -0.1) is 0 Å². The van der Waals surface area contributed by atoms with Crippen molar-refractivity contribution >= 4 is 20.9 Å². The zero-order chi connectivity index (χ0) is 11.1. The molecule has 0 aliphatic heterocycles. The molecule has 2 rings (SSSR count). The third-order valence-electron chi connectivity index (χ3n) is 2.11. The molecule has 0 aromatic heterocycles. The van der Waals surface area contributed by atoms with Gasteiger partial charge in [0.2, 0.25) is 0 Å². The summed E-state index contributed by atoms with van der Waals surface area (Å²) in [6.45, 7) is 0. The number of phenolic OH excluding ortho intramolecular Hbond substituents is 1. The van der Waals surface area contributed by atoms with Crippen molar-refractivity contribution in [1.29, 1.82) is 0 Å². The molecule has 16 heavy (non-hydrogen) atoms. The van der Waals surface area contributed by atoms with Crippen LogP contribution in [0.2, 0.25) is 0 Å². The van der Waals surface area contributed by atoms with Gasteiger partial charge in [-0.3, -0.25) is 4.55 Å². The fourth-order valence-corrected chi connectivity index (χ4v) is 2.01. The van der Waals surface area contributed by atoms with Crippen molar-refractivity contribution in [3.05, 3.63) is 36.4 Å². The Morgan fingerprint density at radius 1 is 1.06 bits per heavy atom. The molecule has 2 aromatic carbocycles. The van der Waals surface area contributed by atoms with Crippen LogP contribution in [0.1, 0.15) is 1.43 Å². The minimum absolute atomic E-state index is 0. The number of fused-ring (bicyclic) bond motifs is 1. The third kappa shape index (κ3) is 2.56. The van der Waals surface area contributed by atoms with Gasteiger partial charge < -0.3 is 6.53 Å². The van der Waals surface area contributed by atoms with E-state index < -0.39 is 20.8 Å². The summed E-state index contributed by atoms with van der Waals surface area (Å²) in [5.74, 6) is -0.448. The maximum absolute atomic E-state index is 10.9. The molecule has 0 amide bonds. The zero-order valence-electron chi connectivity index (χ0n) is 9.58. The van der Waals surface area contributed by atoms with E-state index in [2.05, 4.69) is 0 Å². The molecule has 2 aromatic rings. The number of phenols is 1. The molecule has 0 atom stereocenters. The van der Waals surface area contributed by atoms with Crippen molar-refractivity contribution in [2.24, 2.45) is 0 Å². The van der Waals surface area contributed by atoms with Gasteiger partial charge in [0.1, 0.15) is 10.6 Å². The summed E-state index contributed by atoms with van der Waals surface area (Å²) in [4.78, 5) is -0.471. The normalized spacial score (nSPS) is 11.1. The van der Waals surface area contributed by atoms with Gasteiger partial charge in [0.15, 0.2) is 0 Å². The van der Waals surface area contributed by atoms with Crippen molar-refractivity contribution in [3.63, 3.8) is 0 Å². The zero-order valence-corrected chi connectivity index (χ0v) is 11.4. The van der Waals surface area contributed by atoms with Gasteiger partial charge >= 0.3 is 29.6 Å². The summed E-state index contributed by atoms with van der Waals surface area (Å²) in [5, 5.41) is 10.8. The first-order chi connectivity index (χ1) is 6.98. The van der Waals surface area contributed by atoms with Gasteiger partial charge in [-0.1, -0.05) is 24.3 Å². The fourth-order valence-electron chi connectivity index (χ4n) is 1.41. The van der Waals surface area contributed by atoms with E-state index in [1.807, 2.05) is 0 Å². The SMILES string of the molecule is O=S(=O)(O)c1cc2ccccc2cc1O.[H-].[Na+]. The van der Waals surface area contributed by atoms with Crippen LogP contribution in [0.15, 0.2) is 41.3 Å². The summed E-state index contributed by atoms with van der Waals surface area (Å²) in [7, 11) is -4.37. The Balaban J connectivity index is 0.00000128. The van der Waals surface area contributed by atoms with E-state index in [0.29, 0.717) is 10.8 Å². The van der Waals surface area contributed by atoms with E-state index >= 15 is 0 Å². The van der Waals surface area contributed by atoms with Crippen LogP contribution >= 0.6 is 0 Å². The predicted molar refractivity (Wildman–Crippen MR) is 56.5 cm³/mol. The number of benzene rings is 2. The second-order valence-corrected chi connectivity index (χ2v) is 4.53. The fraction of sp³-hybridized carbons (Fsp3) is 0. The van der Waals surface area contributed by atoms with Crippen molar-refractivity contribution in [2.45, 2.75) is 4.90 Å². The molecular weight excluding hydrogens is 239 g/mol. The number of aromatic hydroxyl groups is 1. The maximum atomic E-state index is 10.9. The molecule has 0 aliphatic carbocycles. The van der Waals surface area contributed by atoms with Gasteiger partial charge in [-0.25, -0.2) is 0 Å². The maximum Gasteiger partial charge on any atom is 1.00 e. The first-order valence-electron chi connectivity index (χ1n) is 4.18. The second kappa shape index (κ2) is 4.73.